The van der Waals surface area contributed by atoms with E-state index in [0.717, 1.165) is 24.6 Å². The molecule has 34 heavy (non-hydrogen) atoms. The van der Waals surface area contributed by atoms with Gasteiger partial charge in [-0.15, -0.1) is 0 Å². The normalized spacial score (nSPS) is 17.4. The number of carbonyl (C=O) groups excluding carboxylic acids is 4. The number of ether oxygens (including phenoxy) is 2. The summed E-state index contributed by atoms with van der Waals surface area (Å²) >= 11 is 1.06. The third-order valence-electron chi connectivity index (χ3n) is 5.35. The van der Waals surface area contributed by atoms with Crippen molar-refractivity contribution in [3.8, 4) is 6.07 Å². The van der Waals surface area contributed by atoms with Gasteiger partial charge in [0, 0.05) is 19.0 Å². The minimum atomic E-state index is -1.29. The largest absolute Gasteiger partial charge is 0.468 e. The Labute approximate surface area is 203 Å². The van der Waals surface area contributed by atoms with Crippen LogP contribution in [0.2, 0.25) is 0 Å². The fourth-order valence-electron chi connectivity index (χ4n) is 3.75. The maximum Gasteiger partial charge on any atom is 0.337 e. The first-order valence-corrected chi connectivity index (χ1v) is 11.9. The minimum absolute atomic E-state index is 0.0394. The zero-order valence-electron chi connectivity index (χ0n) is 19.8. The molecule has 1 N–H and O–H groups in total. The first kappa shape index (κ1) is 26.9. The van der Waals surface area contributed by atoms with Gasteiger partial charge in [-0.1, -0.05) is 37.7 Å². The molecule has 0 aromatic heterocycles. The van der Waals surface area contributed by atoms with Crippen molar-refractivity contribution >= 4 is 35.5 Å². The van der Waals surface area contributed by atoms with Crippen molar-refractivity contribution in [2.45, 2.75) is 32.6 Å². The van der Waals surface area contributed by atoms with Crippen LogP contribution in [0.5, 0.6) is 0 Å². The molecule has 0 radical (unpaired) electrons. The van der Waals surface area contributed by atoms with Gasteiger partial charge in [-0.25, -0.2) is 4.79 Å². The maximum atomic E-state index is 12.9. The molecular formula is C24H29N3O6S. The van der Waals surface area contributed by atoms with E-state index >= 15 is 0 Å². The monoisotopic (exact) mass is 487 g/mol. The zero-order valence-corrected chi connectivity index (χ0v) is 20.6. The van der Waals surface area contributed by atoms with E-state index in [1.807, 2.05) is 13.8 Å². The van der Waals surface area contributed by atoms with Crippen molar-refractivity contribution in [2.75, 3.05) is 33.1 Å². The molecule has 0 aliphatic carbocycles. The topological polar surface area (TPSA) is 126 Å². The second-order valence-corrected chi connectivity index (χ2v) is 8.59. The van der Waals surface area contributed by atoms with Crippen molar-refractivity contribution < 1.29 is 28.7 Å². The summed E-state index contributed by atoms with van der Waals surface area (Å²) in [6.07, 6.45) is 1.65. The van der Waals surface area contributed by atoms with Crippen molar-refractivity contribution in [3.05, 3.63) is 46.0 Å². The Hall–Kier alpha value is -3.32. The lowest BCUT2D eigenvalue weighted by atomic mass is 9.78. The van der Waals surface area contributed by atoms with Crippen molar-refractivity contribution in [3.63, 3.8) is 0 Å². The first-order valence-electron chi connectivity index (χ1n) is 10.9. The molecule has 0 spiro atoms. The number of carbonyl (C=O) groups is 4. The lowest BCUT2D eigenvalue weighted by Gasteiger charge is -2.31. The second-order valence-electron chi connectivity index (χ2n) is 7.61. The Morgan fingerprint density at radius 3 is 2.21 bits per heavy atom. The standard InChI is InChI=1S/C24H29N3O6S/c1-5-11-27(12-6-2)18(28)14-34-22-17(13-25)19(20(21(29)26-22)24(31)33-4)15-7-9-16(10-8-15)23(30)32-3/h7-10,19-20H,5-6,11-12,14H2,1-4H3,(H,26,29)/t19-,20+/m0/s1. The third-order valence-corrected chi connectivity index (χ3v) is 6.36. The Balaban J connectivity index is 2.44. The summed E-state index contributed by atoms with van der Waals surface area (Å²) in [5.41, 5.74) is 0.921. The molecule has 0 saturated carbocycles. The number of methoxy groups -OCH3 is 2. The number of esters is 2. The lowest BCUT2D eigenvalue weighted by Crippen LogP contribution is -2.44. The summed E-state index contributed by atoms with van der Waals surface area (Å²) in [5, 5.41) is 12.8. The van der Waals surface area contributed by atoms with E-state index in [1.165, 1.54) is 26.4 Å². The van der Waals surface area contributed by atoms with Gasteiger partial charge >= 0.3 is 11.9 Å². The molecule has 1 aromatic rings. The number of benzene rings is 1. The van der Waals surface area contributed by atoms with Crippen LogP contribution in [0.3, 0.4) is 0 Å². The van der Waals surface area contributed by atoms with E-state index in [-0.39, 0.29) is 27.8 Å². The molecular weight excluding hydrogens is 458 g/mol. The van der Waals surface area contributed by atoms with Crippen LogP contribution in [-0.2, 0) is 23.9 Å². The number of nitrogens with one attached hydrogen (secondary N) is 1. The fraction of sp³-hybridized carbons (Fsp3) is 0.458. The van der Waals surface area contributed by atoms with Gasteiger partial charge in [0.1, 0.15) is 5.92 Å². The molecule has 2 atom stereocenters. The Bertz CT molecular complexity index is 993. The maximum absolute atomic E-state index is 12.9. The van der Waals surface area contributed by atoms with Gasteiger partial charge in [0.15, 0.2) is 0 Å². The van der Waals surface area contributed by atoms with Crippen LogP contribution in [0.4, 0.5) is 0 Å². The lowest BCUT2D eigenvalue weighted by molar-refractivity contribution is -0.150. The summed E-state index contributed by atoms with van der Waals surface area (Å²) in [5.74, 6) is -4.23. The zero-order chi connectivity index (χ0) is 25.3. The van der Waals surface area contributed by atoms with Crippen LogP contribution >= 0.6 is 11.8 Å². The molecule has 2 rings (SSSR count). The van der Waals surface area contributed by atoms with Crippen LogP contribution in [0.15, 0.2) is 34.9 Å². The SMILES string of the molecule is CCCN(CCC)C(=O)CSC1=C(C#N)[C@H](c2ccc(C(=O)OC)cc2)[C@@H](C(=O)OC)C(=O)N1. The average molecular weight is 488 g/mol. The molecule has 2 amide bonds. The van der Waals surface area contributed by atoms with Crippen LogP contribution in [0.1, 0.15) is 48.5 Å². The van der Waals surface area contributed by atoms with Crippen LogP contribution < -0.4 is 5.32 Å². The number of amides is 2. The predicted molar refractivity (Wildman–Crippen MR) is 126 cm³/mol. The average Bonchev–Trinajstić information content (AvgIpc) is 2.85. The number of allylic oxidation sites excluding steroid dienone is 1. The van der Waals surface area contributed by atoms with E-state index < -0.39 is 29.7 Å². The Morgan fingerprint density at radius 1 is 1.09 bits per heavy atom. The molecule has 1 heterocycles. The van der Waals surface area contributed by atoms with Gasteiger partial charge in [-0.2, -0.15) is 5.26 Å². The highest BCUT2D eigenvalue weighted by Gasteiger charge is 2.44. The van der Waals surface area contributed by atoms with E-state index in [9.17, 15) is 24.4 Å². The van der Waals surface area contributed by atoms with Gasteiger partial charge in [0.25, 0.3) is 0 Å². The van der Waals surface area contributed by atoms with E-state index in [0.29, 0.717) is 18.7 Å². The van der Waals surface area contributed by atoms with Crippen molar-refractivity contribution in [1.82, 2.24) is 10.2 Å². The van der Waals surface area contributed by atoms with Gasteiger partial charge in [-0.05, 0) is 30.5 Å². The summed E-state index contributed by atoms with van der Waals surface area (Å²) in [6, 6.07) is 8.24. The molecule has 10 heteroatoms. The summed E-state index contributed by atoms with van der Waals surface area (Å²) in [4.78, 5) is 51.7. The van der Waals surface area contributed by atoms with Gasteiger partial charge in [0.2, 0.25) is 11.8 Å². The number of rotatable bonds is 10. The van der Waals surface area contributed by atoms with Crippen molar-refractivity contribution in [1.29, 1.82) is 5.26 Å². The van der Waals surface area contributed by atoms with Gasteiger partial charge in [-0.3, -0.25) is 14.4 Å². The summed E-state index contributed by atoms with van der Waals surface area (Å²) in [6.45, 7) is 5.24. The molecule has 0 unspecified atom stereocenters. The molecule has 0 bridgehead atoms. The highest BCUT2D eigenvalue weighted by molar-refractivity contribution is 8.03. The van der Waals surface area contributed by atoms with E-state index in [1.54, 1.807) is 17.0 Å². The smallest absolute Gasteiger partial charge is 0.337 e. The summed E-state index contributed by atoms with van der Waals surface area (Å²) < 4.78 is 9.53. The minimum Gasteiger partial charge on any atom is -0.468 e. The number of nitrogens with zero attached hydrogens (tertiary/aromatic N) is 2. The predicted octanol–water partition coefficient (Wildman–Crippen LogP) is 2.59. The van der Waals surface area contributed by atoms with E-state index in [4.69, 9.17) is 9.47 Å². The molecule has 182 valence electrons. The molecule has 0 fully saturated rings. The first-order chi connectivity index (χ1) is 16.3. The summed E-state index contributed by atoms with van der Waals surface area (Å²) in [7, 11) is 2.43. The number of thioether (sulfide) groups is 1. The quantitative estimate of drug-likeness (QED) is 0.394. The fourth-order valence-corrected chi connectivity index (χ4v) is 4.70. The van der Waals surface area contributed by atoms with Crippen LogP contribution in [0, 0.1) is 17.2 Å². The molecule has 1 aromatic carbocycles. The number of hydrogen-bond acceptors (Lipinski definition) is 8. The van der Waals surface area contributed by atoms with Gasteiger partial charge in [0.05, 0.1) is 42.2 Å². The van der Waals surface area contributed by atoms with E-state index in [2.05, 4.69) is 11.4 Å². The molecule has 1 aliphatic rings. The Morgan fingerprint density at radius 2 is 1.71 bits per heavy atom. The van der Waals surface area contributed by atoms with Gasteiger partial charge < -0.3 is 19.7 Å². The molecule has 0 saturated heterocycles. The highest BCUT2D eigenvalue weighted by Crippen LogP contribution is 2.40. The number of nitriles is 1. The van der Waals surface area contributed by atoms with Crippen molar-refractivity contribution in [2.24, 2.45) is 5.92 Å². The second kappa shape index (κ2) is 12.8. The number of hydrogen-bond donors (Lipinski definition) is 1. The van der Waals surface area contributed by atoms with Crippen LogP contribution in [-0.4, -0.2) is 61.7 Å². The third kappa shape index (κ3) is 6.17. The van der Waals surface area contributed by atoms with Crippen LogP contribution in [0.25, 0.3) is 0 Å². The highest BCUT2D eigenvalue weighted by atomic mass is 32.2. The molecule has 9 nitrogen and oxygen atoms in total. The Kier molecular flexibility index (Phi) is 10.1. The molecule has 1 aliphatic heterocycles.